The highest BCUT2D eigenvalue weighted by Crippen LogP contribution is 2.28. The van der Waals surface area contributed by atoms with Crippen LogP contribution in [-0.2, 0) is 9.53 Å². The van der Waals surface area contributed by atoms with Gasteiger partial charge in [0.15, 0.2) is 0 Å². The molecule has 0 spiro atoms. The summed E-state index contributed by atoms with van der Waals surface area (Å²) in [6.07, 6.45) is 14.2. The number of ether oxygens (including phenoxy) is 1. The molecule has 1 rings (SSSR count). The second-order valence-corrected chi connectivity index (χ2v) is 11.4. The zero-order valence-electron chi connectivity index (χ0n) is 24.2. The highest BCUT2D eigenvalue weighted by molar-refractivity contribution is 5.82. The predicted octanol–water partition coefficient (Wildman–Crippen LogP) is 5.14. The average molecular weight is 533 g/mol. The van der Waals surface area contributed by atoms with E-state index in [2.05, 4.69) is 13.5 Å². The molecule has 38 heavy (non-hydrogen) atoms. The maximum atomic E-state index is 12.6. The standard InChI is InChI=1S/C32H52O6/c1-8-9-12-24(5)32-26(7)28(34)18-15-21(2)19-25(6)31(37)23(4)16-17-27(33)20-29(35)22(3)13-10-11-14-30(36)38-32/h8-14,16-17,21-29,31-35,37H,1,15,18-20H2,2-7H3/b12-9-,13-10+,14-11-,17-16-/t21-,22?,23-,24?,25?,26-,27?,28+,29-,31?,32?/m0/s1. The minimum absolute atomic E-state index is 0.0366. The Morgan fingerprint density at radius 2 is 1.61 bits per heavy atom. The van der Waals surface area contributed by atoms with Crippen LogP contribution in [0.25, 0.3) is 0 Å². The third-order valence-corrected chi connectivity index (χ3v) is 7.78. The molecular formula is C32H52O6. The largest absolute Gasteiger partial charge is 0.458 e. The third kappa shape index (κ3) is 12.2. The van der Waals surface area contributed by atoms with Gasteiger partial charge in [-0.3, -0.25) is 0 Å². The second kappa shape index (κ2) is 17.6. The van der Waals surface area contributed by atoms with Crippen molar-refractivity contribution >= 4 is 5.97 Å². The first-order chi connectivity index (χ1) is 17.9. The number of hydrogen-bond acceptors (Lipinski definition) is 6. The fraction of sp³-hybridized carbons (Fsp3) is 0.656. The lowest BCUT2D eigenvalue weighted by Gasteiger charge is -2.31. The molecule has 1 aliphatic heterocycles. The van der Waals surface area contributed by atoms with Crippen LogP contribution in [0.15, 0.2) is 61.3 Å². The molecule has 0 fully saturated rings. The summed E-state index contributed by atoms with van der Waals surface area (Å²) in [5, 5.41) is 42.7. The fourth-order valence-corrected chi connectivity index (χ4v) is 5.04. The lowest BCUT2D eigenvalue weighted by molar-refractivity contribution is -0.150. The van der Waals surface area contributed by atoms with Gasteiger partial charge < -0.3 is 25.2 Å². The van der Waals surface area contributed by atoms with Crippen LogP contribution < -0.4 is 0 Å². The van der Waals surface area contributed by atoms with E-state index in [4.69, 9.17) is 4.74 Å². The minimum atomic E-state index is -0.828. The molecule has 0 radical (unpaired) electrons. The summed E-state index contributed by atoms with van der Waals surface area (Å²) in [6, 6.07) is 0. The monoisotopic (exact) mass is 532 g/mol. The predicted molar refractivity (Wildman–Crippen MR) is 154 cm³/mol. The van der Waals surface area contributed by atoms with E-state index < -0.39 is 36.5 Å². The first kappa shape index (κ1) is 34.0. The number of carbonyl (C=O) groups is 1. The van der Waals surface area contributed by atoms with Crippen molar-refractivity contribution in [2.75, 3.05) is 0 Å². The van der Waals surface area contributed by atoms with Gasteiger partial charge in [-0.25, -0.2) is 4.79 Å². The van der Waals surface area contributed by atoms with Gasteiger partial charge in [-0.05, 0) is 31.1 Å². The molecule has 0 saturated carbocycles. The maximum Gasteiger partial charge on any atom is 0.331 e. The smallest absolute Gasteiger partial charge is 0.331 e. The van der Waals surface area contributed by atoms with Gasteiger partial charge >= 0.3 is 5.97 Å². The third-order valence-electron chi connectivity index (χ3n) is 7.78. The van der Waals surface area contributed by atoms with Crippen molar-refractivity contribution in [1.82, 2.24) is 0 Å². The van der Waals surface area contributed by atoms with Crippen LogP contribution in [-0.4, -0.2) is 56.9 Å². The van der Waals surface area contributed by atoms with Crippen molar-refractivity contribution in [3.05, 3.63) is 61.3 Å². The number of allylic oxidation sites excluding steroid dienone is 4. The molecule has 0 aromatic heterocycles. The molecule has 216 valence electrons. The Morgan fingerprint density at radius 1 is 0.921 bits per heavy atom. The number of rotatable bonds is 3. The zero-order valence-corrected chi connectivity index (χ0v) is 24.2. The van der Waals surface area contributed by atoms with Gasteiger partial charge in [-0.15, -0.1) is 0 Å². The van der Waals surface area contributed by atoms with Crippen LogP contribution in [0.3, 0.4) is 0 Å². The Bertz CT molecular complexity index is 815. The molecule has 0 aliphatic carbocycles. The highest BCUT2D eigenvalue weighted by atomic mass is 16.5. The van der Waals surface area contributed by atoms with Gasteiger partial charge in [0.1, 0.15) is 6.10 Å². The number of cyclic esters (lactones) is 1. The second-order valence-electron chi connectivity index (χ2n) is 11.4. The number of esters is 1. The molecule has 4 N–H and O–H groups in total. The van der Waals surface area contributed by atoms with E-state index in [0.717, 1.165) is 12.8 Å². The van der Waals surface area contributed by atoms with E-state index in [1.165, 1.54) is 6.08 Å². The molecule has 6 unspecified atom stereocenters. The van der Waals surface area contributed by atoms with Crippen molar-refractivity contribution in [3.63, 3.8) is 0 Å². The minimum Gasteiger partial charge on any atom is -0.458 e. The van der Waals surface area contributed by atoms with E-state index in [9.17, 15) is 25.2 Å². The molecule has 0 saturated heterocycles. The Kier molecular flexibility index (Phi) is 15.7. The van der Waals surface area contributed by atoms with Gasteiger partial charge in [0.2, 0.25) is 0 Å². The van der Waals surface area contributed by atoms with E-state index in [1.807, 2.05) is 52.8 Å². The number of aliphatic hydroxyl groups excluding tert-OH is 4. The van der Waals surface area contributed by atoms with Crippen molar-refractivity contribution < 1.29 is 30.0 Å². The van der Waals surface area contributed by atoms with Crippen LogP contribution >= 0.6 is 0 Å². The molecule has 0 aromatic carbocycles. The number of hydrogen-bond donors (Lipinski definition) is 4. The molecular weight excluding hydrogens is 480 g/mol. The van der Waals surface area contributed by atoms with Crippen molar-refractivity contribution in [2.45, 2.75) is 97.7 Å². The normalized spacial score (nSPS) is 40.7. The molecule has 11 atom stereocenters. The summed E-state index contributed by atoms with van der Waals surface area (Å²) < 4.78 is 5.81. The highest BCUT2D eigenvalue weighted by Gasteiger charge is 2.31. The Morgan fingerprint density at radius 3 is 2.26 bits per heavy atom. The molecule has 0 bridgehead atoms. The maximum absolute atomic E-state index is 12.6. The van der Waals surface area contributed by atoms with Crippen LogP contribution in [0, 0.1) is 35.5 Å². The lowest BCUT2D eigenvalue weighted by Crippen LogP contribution is -2.37. The van der Waals surface area contributed by atoms with Crippen LogP contribution in [0.4, 0.5) is 0 Å². The van der Waals surface area contributed by atoms with E-state index in [0.29, 0.717) is 6.42 Å². The summed E-state index contributed by atoms with van der Waals surface area (Å²) in [4.78, 5) is 12.6. The molecule has 6 heteroatoms. The fourth-order valence-electron chi connectivity index (χ4n) is 5.04. The zero-order chi connectivity index (χ0) is 28.8. The van der Waals surface area contributed by atoms with E-state index >= 15 is 0 Å². The molecule has 6 nitrogen and oxygen atoms in total. The first-order valence-corrected chi connectivity index (χ1v) is 14.1. The van der Waals surface area contributed by atoms with E-state index in [1.54, 1.807) is 30.4 Å². The molecule has 1 heterocycles. The summed E-state index contributed by atoms with van der Waals surface area (Å²) in [7, 11) is 0. The van der Waals surface area contributed by atoms with Crippen molar-refractivity contribution in [2.24, 2.45) is 35.5 Å². The SMILES string of the molecule is C=C/C=C\C(C)C1OC(=O)/C=C\C=C\C(C)[C@@H](O)CC(O)/C=C\[C@H](C)C(O)C(C)C[C@@H](C)CC[C@@H](O)[C@@H]1C. The summed E-state index contributed by atoms with van der Waals surface area (Å²) >= 11 is 0. The molecule has 1 aliphatic rings. The van der Waals surface area contributed by atoms with Gasteiger partial charge in [0, 0.05) is 36.2 Å². The van der Waals surface area contributed by atoms with Crippen LogP contribution in [0.2, 0.25) is 0 Å². The van der Waals surface area contributed by atoms with E-state index in [-0.39, 0.29) is 41.9 Å². The average Bonchev–Trinajstić information content (AvgIpc) is 2.88. The molecule has 0 amide bonds. The van der Waals surface area contributed by atoms with Gasteiger partial charge in [-0.2, -0.15) is 0 Å². The summed E-state index contributed by atoms with van der Waals surface area (Å²) in [5.41, 5.74) is 0. The van der Waals surface area contributed by atoms with Crippen molar-refractivity contribution in [3.8, 4) is 0 Å². The van der Waals surface area contributed by atoms with Gasteiger partial charge in [0.25, 0.3) is 0 Å². The summed E-state index contributed by atoms with van der Waals surface area (Å²) in [6.45, 7) is 15.5. The van der Waals surface area contributed by atoms with Crippen LogP contribution in [0.1, 0.15) is 67.2 Å². The number of carbonyl (C=O) groups excluding carboxylic acids is 1. The Labute approximate surface area is 230 Å². The Balaban J connectivity index is 3.17. The Hall–Kier alpha value is -1.99. The van der Waals surface area contributed by atoms with Gasteiger partial charge in [-0.1, -0.05) is 96.7 Å². The van der Waals surface area contributed by atoms with Gasteiger partial charge in [0.05, 0.1) is 24.4 Å². The number of aliphatic hydroxyl groups is 4. The molecule has 0 aromatic rings. The lowest BCUT2D eigenvalue weighted by atomic mass is 9.82. The topological polar surface area (TPSA) is 107 Å². The van der Waals surface area contributed by atoms with Crippen molar-refractivity contribution in [1.29, 1.82) is 0 Å². The summed E-state index contributed by atoms with van der Waals surface area (Å²) in [5.74, 6) is -0.976. The van der Waals surface area contributed by atoms with Crippen LogP contribution in [0.5, 0.6) is 0 Å². The quantitative estimate of drug-likeness (QED) is 0.228. The first-order valence-electron chi connectivity index (χ1n) is 14.1.